The largest absolute Gasteiger partial charge is 0.491 e. The zero-order chi connectivity index (χ0) is 28.2. The highest BCUT2D eigenvalue weighted by atomic mass is 19.1. The van der Waals surface area contributed by atoms with Gasteiger partial charge in [0.2, 0.25) is 12.4 Å². The van der Waals surface area contributed by atoms with E-state index in [0.29, 0.717) is 49.5 Å². The van der Waals surface area contributed by atoms with Gasteiger partial charge in [-0.15, -0.1) is 0 Å². The van der Waals surface area contributed by atoms with E-state index in [0.717, 1.165) is 16.3 Å². The Kier molecular flexibility index (Phi) is 8.91. The third-order valence-electron chi connectivity index (χ3n) is 7.40. The Morgan fingerprint density at radius 1 is 1.20 bits per heavy atom. The second-order valence-electron chi connectivity index (χ2n) is 10.5. The third-order valence-corrected chi connectivity index (χ3v) is 7.40. The SMILES string of the molecule is CC(C)c1ccc(OC[C@@H]2COC(O)N2C)c2cnc(Nc3ccnc(N4CC[C@@H](OCCO)[C@@H](F)C4)n3)cc12. The molecule has 1 aromatic carbocycles. The van der Waals surface area contributed by atoms with Gasteiger partial charge in [-0.05, 0) is 48.5 Å². The van der Waals surface area contributed by atoms with Gasteiger partial charge < -0.3 is 34.6 Å². The van der Waals surface area contributed by atoms with Gasteiger partial charge in [0.1, 0.15) is 30.2 Å². The Morgan fingerprint density at radius 2 is 2.05 bits per heavy atom. The van der Waals surface area contributed by atoms with Crippen molar-refractivity contribution in [3.63, 3.8) is 0 Å². The first-order valence-electron chi connectivity index (χ1n) is 13.6. The molecule has 2 aliphatic heterocycles. The molecule has 3 N–H and O–H groups in total. The zero-order valence-electron chi connectivity index (χ0n) is 23.0. The Morgan fingerprint density at radius 3 is 2.77 bits per heavy atom. The molecule has 0 aliphatic carbocycles. The summed E-state index contributed by atoms with van der Waals surface area (Å²) >= 11 is 0. The van der Waals surface area contributed by atoms with E-state index >= 15 is 0 Å². The van der Waals surface area contributed by atoms with Crippen LogP contribution in [0.15, 0.2) is 36.7 Å². The van der Waals surface area contributed by atoms with Gasteiger partial charge in [0.05, 0.1) is 38.5 Å². The van der Waals surface area contributed by atoms with Crippen LogP contribution in [0.5, 0.6) is 5.75 Å². The van der Waals surface area contributed by atoms with Crippen molar-refractivity contribution in [1.82, 2.24) is 19.9 Å². The number of aliphatic hydroxyl groups is 2. The molecule has 40 heavy (non-hydrogen) atoms. The number of aliphatic hydroxyl groups excluding tert-OH is 2. The summed E-state index contributed by atoms with van der Waals surface area (Å²) in [6.45, 7) is 5.73. The maximum Gasteiger partial charge on any atom is 0.227 e. The van der Waals surface area contributed by atoms with Crippen molar-refractivity contribution >= 4 is 28.4 Å². The number of ether oxygens (including phenoxy) is 3. The van der Waals surface area contributed by atoms with Gasteiger partial charge in [0.25, 0.3) is 0 Å². The number of piperidine rings is 1. The first-order chi connectivity index (χ1) is 19.3. The van der Waals surface area contributed by atoms with Gasteiger partial charge in [0, 0.05) is 24.3 Å². The number of nitrogens with zero attached hydrogens (tertiary/aromatic N) is 5. The number of fused-ring (bicyclic) bond motifs is 1. The molecular weight excluding hydrogens is 519 g/mol. The lowest BCUT2D eigenvalue weighted by Gasteiger charge is -2.34. The Balaban J connectivity index is 1.32. The first kappa shape index (κ1) is 28.4. The van der Waals surface area contributed by atoms with Gasteiger partial charge in [-0.1, -0.05) is 19.9 Å². The summed E-state index contributed by atoms with van der Waals surface area (Å²) in [4.78, 5) is 17.1. The van der Waals surface area contributed by atoms with Crippen molar-refractivity contribution in [2.45, 2.75) is 50.9 Å². The number of anilines is 3. The second kappa shape index (κ2) is 12.6. The van der Waals surface area contributed by atoms with Crippen LogP contribution in [-0.4, -0.2) is 101 Å². The minimum absolute atomic E-state index is 0.0535. The fourth-order valence-electron chi connectivity index (χ4n) is 5.06. The van der Waals surface area contributed by atoms with E-state index in [1.807, 2.05) is 12.1 Å². The number of hydrogen-bond acceptors (Lipinski definition) is 11. The Bertz CT molecular complexity index is 1300. The second-order valence-corrected chi connectivity index (χ2v) is 10.5. The molecule has 2 aromatic heterocycles. The summed E-state index contributed by atoms with van der Waals surface area (Å²) in [6, 6.07) is 7.71. The Hall–Kier alpha value is -3.16. The highest BCUT2D eigenvalue weighted by molar-refractivity contribution is 5.92. The summed E-state index contributed by atoms with van der Waals surface area (Å²) in [5.41, 5.74) is 1.16. The zero-order valence-corrected chi connectivity index (χ0v) is 23.0. The van der Waals surface area contributed by atoms with Gasteiger partial charge in [-0.2, -0.15) is 4.98 Å². The molecule has 2 saturated heterocycles. The van der Waals surface area contributed by atoms with Crippen LogP contribution in [0.4, 0.5) is 22.0 Å². The molecule has 4 heterocycles. The van der Waals surface area contributed by atoms with E-state index in [1.165, 1.54) is 0 Å². The molecule has 0 saturated carbocycles. The molecule has 4 atom stereocenters. The molecule has 0 amide bonds. The standard InChI is InChI=1S/C28H37FN6O5/c1-17(2)19-4-5-23(39-15-18-16-40-28(37)34(18)3)21-13-31-26(12-20(19)21)32-25-6-8-30-27(33-25)35-9-7-24(22(29)14-35)38-11-10-36/h4-6,8,12-13,17-18,22,24,28,36-37H,7,9-11,14-16H2,1-3H3,(H,30,31,32,33)/t18-,22+,24-,28?/m1/s1. The lowest BCUT2D eigenvalue weighted by atomic mass is 9.96. The van der Waals surface area contributed by atoms with E-state index in [2.05, 4.69) is 40.2 Å². The normalized spacial score (nSPS) is 23.7. The number of pyridine rings is 1. The van der Waals surface area contributed by atoms with Gasteiger partial charge in [-0.3, -0.25) is 0 Å². The average molecular weight is 557 g/mol. The van der Waals surface area contributed by atoms with Crippen LogP contribution in [-0.2, 0) is 9.47 Å². The Labute approximate surface area is 232 Å². The van der Waals surface area contributed by atoms with Crippen molar-refractivity contribution < 1.29 is 28.8 Å². The van der Waals surface area contributed by atoms with Crippen LogP contribution in [0.3, 0.4) is 0 Å². The molecule has 2 fully saturated rings. The number of hydrogen-bond donors (Lipinski definition) is 3. The van der Waals surface area contributed by atoms with E-state index in [1.54, 1.807) is 35.3 Å². The highest BCUT2D eigenvalue weighted by Crippen LogP contribution is 2.34. The molecule has 11 nitrogen and oxygen atoms in total. The highest BCUT2D eigenvalue weighted by Gasteiger charge is 2.32. The maximum absolute atomic E-state index is 14.7. The fraction of sp³-hybridized carbons (Fsp3) is 0.536. The van der Waals surface area contributed by atoms with E-state index < -0.39 is 18.7 Å². The summed E-state index contributed by atoms with van der Waals surface area (Å²) < 4.78 is 31.5. The number of benzene rings is 1. The molecule has 3 aromatic rings. The third kappa shape index (κ3) is 6.26. The molecule has 2 aliphatic rings. The minimum Gasteiger partial charge on any atom is -0.491 e. The van der Waals surface area contributed by atoms with Crippen molar-refractivity contribution in [2.24, 2.45) is 0 Å². The molecule has 0 bridgehead atoms. The predicted molar refractivity (Wildman–Crippen MR) is 149 cm³/mol. The van der Waals surface area contributed by atoms with Crippen molar-refractivity contribution in [3.05, 3.63) is 42.2 Å². The summed E-state index contributed by atoms with van der Waals surface area (Å²) in [7, 11) is 1.80. The molecule has 216 valence electrons. The number of rotatable bonds is 10. The van der Waals surface area contributed by atoms with Crippen molar-refractivity contribution in [3.8, 4) is 5.75 Å². The van der Waals surface area contributed by atoms with Crippen molar-refractivity contribution in [1.29, 1.82) is 0 Å². The number of likely N-dealkylation sites (N-methyl/N-ethyl adjacent to an activating group) is 1. The van der Waals surface area contributed by atoms with Gasteiger partial charge >= 0.3 is 0 Å². The number of aromatic nitrogens is 3. The predicted octanol–water partition coefficient (Wildman–Crippen LogP) is 2.80. The molecule has 0 spiro atoms. The molecule has 1 unspecified atom stereocenters. The number of nitrogens with one attached hydrogen (secondary N) is 1. The molecular formula is C28H37FN6O5. The smallest absolute Gasteiger partial charge is 0.227 e. The van der Waals surface area contributed by atoms with E-state index in [9.17, 15) is 9.50 Å². The number of halogens is 1. The van der Waals surface area contributed by atoms with Gasteiger partial charge in [-0.25, -0.2) is 19.3 Å². The first-order valence-corrected chi connectivity index (χ1v) is 13.6. The van der Waals surface area contributed by atoms with Crippen LogP contribution in [0.1, 0.15) is 31.7 Å². The topological polar surface area (TPSA) is 125 Å². The van der Waals surface area contributed by atoms with E-state index in [-0.39, 0.29) is 31.7 Å². The van der Waals surface area contributed by atoms with Crippen LogP contribution in [0, 0.1) is 0 Å². The molecule has 0 radical (unpaired) electrons. The van der Waals surface area contributed by atoms with Crippen LogP contribution < -0.4 is 15.0 Å². The van der Waals surface area contributed by atoms with E-state index in [4.69, 9.17) is 19.3 Å². The number of alkyl halides is 1. The fourth-order valence-corrected chi connectivity index (χ4v) is 5.06. The summed E-state index contributed by atoms with van der Waals surface area (Å²) in [5, 5.41) is 23.9. The molecule has 5 rings (SSSR count). The average Bonchev–Trinajstić information content (AvgIpc) is 3.27. The lowest BCUT2D eigenvalue weighted by molar-refractivity contribution is -0.127. The van der Waals surface area contributed by atoms with Crippen LogP contribution in [0.25, 0.3) is 10.8 Å². The quantitative estimate of drug-likeness (QED) is 0.341. The van der Waals surface area contributed by atoms with Crippen LogP contribution >= 0.6 is 0 Å². The minimum atomic E-state index is -1.19. The van der Waals surface area contributed by atoms with Crippen molar-refractivity contribution in [2.75, 3.05) is 56.8 Å². The molecule has 12 heteroatoms. The lowest BCUT2D eigenvalue weighted by Crippen LogP contribution is -2.46. The summed E-state index contributed by atoms with van der Waals surface area (Å²) in [5.74, 6) is 2.58. The maximum atomic E-state index is 14.7. The summed E-state index contributed by atoms with van der Waals surface area (Å²) in [6.07, 6.45) is 1.27. The monoisotopic (exact) mass is 556 g/mol. The van der Waals surface area contributed by atoms with Gasteiger partial charge in [0.15, 0.2) is 0 Å². The van der Waals surface area contributed by atoms with Crippen LogP contribution in [0.2, 0.25) is 0 Å².